The van der Waals surface area contributed by atoms with Crippen LogP contribution in [-0.2, 0) is 60.7 Å². The van der Waals surface area contributed by atoms with Crippen LogP contribution in [0.3, 0.4) is 0 Å². The fraction of sp³-hybridized carbons (Fsp3) is 0.661. The van der Waals surface area contributed by atoms with Crippen molar-refractivity contribution in [2.75, 3.05) is 34.7 Å². The molecule has 1 aliphatic carbocycles. The van der Waals surface area contributed by atoms with E-state index in [-0.39, 0.29) is 51.0 Å². The van der Waals surface area contributed by atoms with Crippen molar-refractivity contribution in [3.8, 4) is 0 Å². The third-order valence-corrected chi connectivity index (χ3v) is 17.1. The highest BCUT2D eigenvalue weighted by Crippen LogP contribution is 2.36. The molecule has 8 amide bonds. The number of carbonyl (C=O) groups is 9. The summed E-state index contributed by atoms with van der Waals surface area (Å²) in [5, 5.41) is 21.2. The lowest BCUT2D eigenvalue weighted by Gasteiger charge is -2.41. The maximum Gasteiger partial charge on any atom is 0.332 e. The molecule has 3 fully saturated rings. The summed E-state index contributed by atoms with van der Waals surface area (Å²) in [6.07, 6.45) is 1.53. The van der Waals surface area contributed by atoms with Gasteiger partial charge in [0.25, 0.3) is 5.91 Å². The van der Waals surface area contributed by atoms with E-state index < -0.39 is 137 Å². The number of carbonyl (C=O) groups excluding carboxylic acids is 9. The maximum absolute atomic E-state index is 15.3. The van der Waals surface area contributed by atoms with Crippen LogP contribution in [0.1, 0.15) is 138 Å². The number of nitrogens with zero attached hydrogens (tertiary/aromatic N) is 5. The molecule has 19 heteroatoms. The van der Waals surface area contributed by atoms with Gasteiger partial charge in [0.2, 0.25) is 41.4 Å². The third kappa shape index (κ3) is 15.8. The van der Waals surface area contributed by atoms with Crippen LogP contribution in [0.25, 0.3) is 0 Å². The largest absolute Gasteiger partial charge is 0.450 e. The van der Waals surface area contributed by atoms with Gasteiger partial charge < -0.3 is 50.3 Å². The lowest BCUT2D eigenvalue weighted by Crippen LogP contribution is -2.63. The predicted molar refractivity (Wildman–Crippen MR) is 308 cm³/mol. The quantitative estimate of drug-likeness (QED) is 0.197. The highest BCUT2D eigenvalue weighted by molar-refractivity contribution is 5.99. The molecule has 2 saturated heterocycles. The second-order valence-electron chi connectivity index (χ2n) is 24.3. The van der Waals surface area contributed by atoms with Crippen LogP contribution >= 0.6 is 0 Å². The van der Waals surface area contributed by atoms with Crippen LogP contribution in [0.15, 0.2) is 60.7 Å². The summed E-state index contributed by atoms with van der Waals surface area (Å²) in [4.78, 5) is 142. The number of esters is 1. The van der Waals surface area contributed by atoms with Crippen LogP contribution in [0.5, 0.6) is 0 Å². The SMILES string of the molecule is CC[C@H](C)[C@@H]1NC(=O)C2CCCN2C(=O)[C@H](Cc2ccccc2)N(C)C(=O)[C@H](Cc2ccccc2)NC(=O)[C@H](C(C)C)N(C)C(=O)[C@@H]([C@@H](C)CC)OC(=O)[C@H](C2(O)CCCC2)N(C)C(=O)[C@H](CC(C)C)NC(=O)[C@H](C(C)C)N(C)C1=O. The summed E-state index contributed by atoms with van der Waals surface area (Å²) in [5.74, 6) is -8.39. The molecule has 1 saturated carbocycles. The Morgan fingerprint density at radius 3 is 1.57 bits per heavy atom. The molecular formula is C62H94N8O11. The Labute approximate surface area is 481 Å². The normalized spacial score (nSPS) is 27.6. The minimum Gasteiger partial charge on any atom is -0.450 e. The molecular weight excluding hydrogens is 1030 g/mol. The smallest absolute Gasteiger partial charge is 0.332 e. The number of nitrogens with one attached hydrogen (secondary N) is 3. The molecule has 2 aliphatic heterocycles. The Morgan fingerprint density at radius 2 is 1.06 bits per heavy atom. The van der Waals surface area contributed by atoms with E-state index in [1.54, 1.807) is 46.8 Å². The van der Waals surface area contributed by atoms with Crippen molar-refractivity contribution in [2.24, 2.45) is 29.6 Å². The van der Waals surface area contributed by atoms with Crippen molar-refractivity contribution in [3.63, 3.8) is 0 Å². The van der Waals surface area contributed by atoms with Gasteiger partial charge in [-0.2, -0.15) is 0 Å². The number of aliphatic hydroxyl groups is 1. The first-order valence-corrected chi connectivity index (χ1v) is 29.5. The second kappa shape index (κ2) is 29.0. The Hall–Kier alpha value is -6.37. The Balaban J connectivity index is 1.70. The minimum atomic E-state index is -1.78. The first-order chi connectivity index (χ1) is 38.2. The molecule has 81 heavy (non-hydrogen) atoms. The number of fused-ring (bicyclic) bond motifs is 1. The van der Waals surface area contributed by atoms with Gasteiger partial charge in [0.1, 0.15) is 42.3 Å². The van der Waals surface area contributed by atoms with Gasteiger partial charge in [-0.15, -0.1) is 0 Å². The van der Waals surface area contributed by atoms with Gasteiger partial charge in [-0.25, -0.2) is 4.79 Å². The van der Waals surface area contributed by atoms with Crippen molar-refractivity contribution in [3.05, 3.63) is 71.8 Å². The molecule has 19 nitrogen and oxygen atoms in total. The van der Waals surface area contributed by atoms with Gasteiger partial charge in [-0.1, -0.05) is 149 Å². The second-order valence-corrected chi connectivity index (χ2v) is 24.3. The van der Waals surface area contributed by atoms with E-state index in [0.717, 1.165) is 10.5 Å². The van der Waals surface area contributed by atoms with Crippen LogP contribution in [0.2, 0.25) is 0 Å². The Bertz CT molecular complexity index is 2500. The van der Waals surface area contributed by atoms with Crippen molar-refractivity contribution in [1.29, 1.82) is 0 Å². The van der Waals surface area contributed by atoms with Gasteiger partial charge in [0.05, 0.1) is 5.60 Å². The standard InChI is InChI=1S/C62H94N8O11/c1-15-40(9)48-59(77)67(12)49(38(5)6)54(72)63-44(34-37(3)4)57(75)69(14)52(62(80)31-23-24-32-62)61(79)81-51(41(10)16-2)60(78)68(13)50(39(7)8)55(73)64-45(35-42-26-19-17-20-27-42)56(74)66(11)47(36-43-28-21-18-22-29-43)58(76)70-33-25-30-46(70)53(71)65-48/h17-22,26-29,37-41,44-52,80H,15-16,23-25,30-36H2,1-14H3,(H,63,72)(H,64,73)(H,65,71)/t40-,41-,44-,45-,46?,47-,48-,49-,50-,51+,52+/m0/s1. The zero-order valence-corrected chi connectivity index (χ0v) is 50.6. The van der Waals surface area contributed by atoms with Crippen molar-refractivity contribution in [1.82, 2.24) is 40.4 Å². The molecule has 4 N–H and O–H groups in total. The topological polar surface area (TPSA) is 235 Å². The van der Waals surface area contributed by atoms with Gasteiger partial charge >= 0.3 is 5.97 Å². The first kappa shape index (κ1) is 65.4. The molecule has 0 aromatic heterocycles. The van der Waals surface area contributed by atoms with Crippen molar-refractivity contribution in [2.45, 2.75) is 200 Å². The van der Waals surface area contributed by atoms with E-state index in [1.807, 2.05) is 83.1 Å². The van der Waals surface area contributed by atoms with E-state index >= 15 is 28.8 Å². The summed E-state index contributed by atoms with van der Waals surface area (Å²) in [7, 11) is 5.78. The zero-order chi connectivity index (χ0) is 60.2. The summed E-state index contributed by atoms with van der Waals surface area (Å²) < 4.78 is 6.24. The maximum atomic E-state index is 15.3. The van der Waals surface area contributed by atoms with Gasteiger partial charge in [0.15, 0.2) is 12.1 Å². The van der Waals surface area contributed by atoms with Gasteiger partial charge in [0, 0.05) is 53.5 Å². The molecule has 2 aromatic rings. The van der Waals surface area contributed by atoms with Crippen LogP contribution < -0.4 is 16.0 Å². The summed E-state index contributed by atoms with van der Waals surface area (Å²) in [6, 6.07) is 8.32. The molecule has 2 aromatic carbocycles. The molecule has 5 rings (SSSR count). The van der Waals surface area contributed by atoms with Crippen molar-refractivity contribution >= 4 is 53.2 Å². The molecule has 11 atom stereocenters. The number of benzene rings is 2. The highest BCUT2D eigenvalue weighted by Gasteiger charge is 2.52. The summed E-state index contributed by atoms with van der Waals surface area (Å²) in [6.45, 7) is 18.2. The monoisotopic (exact) mass is 1130 g/mol. The average Bonchev–Trinajstić information content (AvgIpc) is 4.16. The number of hydrogen-bond donors (Lipinski definition) is 4. The lowest BCUT2D eigenvalue weighted by atomic mass is 9.89. The molecule has 0 bridgehead atoms. The molecule has 0 spiro atoms. The van der Waals surface area contributed by atoms with Crippen LogP contribution in [-0.4, -0.2) is 178 Å². The van der Waals surface area contributed by atoms with E-state index in [9.17, 15) is 19.5 Å². The number of hydrogen-bond acceptors (Lipinski definition) is 11. The minimum absolute atomic E-state index is 0.000843. The van der Waals surface area contributed by atoms with E-state index in [0.29, 0.717) is 37.7 Å². The number of likely N-dealkylation sites (N-methyl/N-ethyl adjacent to an activating group) is 4. The first-order valence-electron chi connectivity index (χ1n) is 29.5. The Kier molecular flexibility index (Phi) is 23.5. The summed E-state index contributed by atoms with van der Waals surface area (Å²) >= 11 is 0. The number of amides is 8. The van der Waals surface area contributed by atoms with Crippen LogP contribution in [0, 0.1) is 29.6 Å². The third-order valence-electron chi connectivity index (χ3n) is 17.1. The lowest BCUT2D eigenvalue weighted by molar-refractivity contribution is -0.179. The Morgan fingerprint density at radius 1 is 0.568 bits per heavy atom. The van der Waals surface area contributed by atoms with Crippen molar-refractivity contribution < 1.29 is 53.0 Å². The van der Waals surface area contributed by atoms with Gasteiger partial charge in [-0.05, 0) is 73.3 Å². The predicted octanol–water partition coefficient (Wildman–Crippen LogP) is 4.91. The molecule has 448 valence electrons. The highest BCUT2D eigenvalue weighted by atomic mass is 16.6. The number of ether oxygens (including phenoxy) is 1. The van der Waals surface area contributed by atoms with E-state index in [1.165, 1.54) is 47.8 Å². The zero-order valence-electron chi connectivity index (χ0n) is 50.6. The fourth-order valence-electron chi connectivity index (χ4n) is 12.0. The van der Waals surface area contributed by atoms with Gasteiger partial charge in [-0.3, -0.25) is 38.4 Å². The number of rotatable bonds is 13. The fourth-order valence-corrected chi connectivity index (χ4v) is 12.0. The molecule has 1 unspecified atom stereocenters. The number of cyclic esters (lactones) is 1. The van der Waals surface area contributed by atoms with Crippen LogP contribution in [0.4, 0.5) is 0 Å². The summed E-state index contributed by atoms with van der Waals surface area (Å²) in [5.41, 5.74) is -0.346. The molecule has 2 heterocycles. The molecule has 0 radical (unpaired) electrons. The average molecular weight is 1130 g/mol. The molecule has 3 aliphatic rings. The van der Waals surface area contributed by atoms with E-state index in [2.05, 4.69) is 16.0 Å². The van der Waals surface area contributed by atoms with E-state index in [4.69, 9.17) is 4.74 Å².